The number of methoxy groups -OCH3 is 1. The van der Waals surface area contributed by atoms with E-state index >= 15 is 8.78 Å². The van der Waals surface area contributed by atoms with Gasteiger partial charge in [0, 0.05) is 29.2 Å². The highest BCUT2D eigenvalue weighted by atomic mass is 35.5. The Morgan fingerprint density at radius 2 is 1.82 bits per heavy atom. The summed E-state index contributed by atoms with van der Waals surface area (Å²) in [6.45, 7) is 6.99. The third-order valence-electron chi connectivity index (χ3n) is 7.04. The Morgan fingerprint density at radius 1 is 1.08 bits per heavy atom. The molecule has 1 saturated heterocycles. The number of halogens is 3. The van der Waals surface area contributed by atoms with E-state index in [9.17, 15) is 9.59 Å². The molecule has 1 aliphatic heterocycles. The maximum Gasteiger partial charge on any atom is 0.338 e. The molecule has 0 bridgehead atoms. The van der Waals surface area contributed by atoms with Crippen LogP contribution in [0.25, 0.3) is 22.2 Å². The molecule has 3 aromatic carbocycles. The molecular formula is C29H26ClF2N3O3. The van der Waals surface area contributed by atoms with Crippen LogP contribution in [0.15, 0.2) is 42.5 Å². The number of carbonyl (C=O) groups is 2. The summed E-state index contributed by atoms with van der Waals surface area (Å²) >= 11 is 6.48. The van der Waals surface area contributed by atoms with E-state index in [-0.39, 0.29) is 40.2 Å². The monoisotopic (exact) mass is 537 g/mol. The summed E-state index contributed by atoms with van der Waals surface area (Å²) in [5, 5.41) is 5.21. The second-order valence-corrected chi connectivity index (χ2v) is 10.3. The SMILES string of the molecule is COC(=O)c1cc(F)c(-c2nn(Cc3c(C)cccc3Cl)c3cc(C(=O)N4CC(C)C4)cc(F)c23)cc1C. The zero-order chi connectivity index (χ0) is 27.3. The Labute approximate surface area is 223 Å². The Hall–Kier alpha value is -3.78. The van der Waals surface area contributed by atoms with Gasteiger partial charge in [-0.2, -0.15) is 5.10 Å². The van der Waals surface area contributed by atoms with Crippen LogP contribution in [-0.4, -0.2) is 46.8 Å². The van der Waals surface area contributed by atoms with Crippen molar-refractivity contribution in [2.75, 3.05) is 20.2 Å². The fraction of sp³-hybridized carbons (Fsp3) is 0.276. The summed E-state index contributed by atoms with van der Waals surface area (Å²) < 4.78 is 37.4. The second-order valence-electron chi connectivity index (χ2n) is 9.85. The van der Waals surface area contributed by atoms with E-state index in [2.05, 4.69) is 5.10 Å². The maximum atomic E-state index is 15.8. The van der Waals surface area contributed by atoms with E-state index in [1.165, 1.54) is 19.2 Å². The minimum atomic E-state index is -0.745. The lowest BCUT2D eigenvalue weighted by atomic mass is 9.98. The normalized spacial score (nSPS) is 13.6. The predicted octanol–water partition coefficient (Wildman–Crippen LogP) is 6.18. The number of esters is 1. The van der Waals surface area contributed by atoms with E-state index < -0.39 is 17.6 Å². The fourth-order valence-corrected chi connectivity index (χ4v) is 5.23. The summed E-state index contributed by atoms with van der Waals surface area (Å²) in [4.78, 5) is 26.8. The number of amides is 1. The van der Waals surface area contributed by atoms with Gasteiger partial charge in [0.2, 0.25) is 0 Å². The van der Waals surface area contributed by atoms with Gasteiger partial charge in [0.05, 0.1) is 30.1 Å². The minimum absolute atomic E-state index is 0.0318. The number of carbonyl (C=O) groups excluding carboxylic acids is 2. The molecule has 1 aliphatic rings. The van der Waals surface area contributed by atoms with Crippen LogP contribution in [-0.2, 0) is 11.3 Å². The van der Waals surface area contributed by atoms with Gasteiger partial charge < -0.3 is 9.64 Å². The Balaban J connectivity index is 1.71. The van der Waals surface area contributed by atoms with Crippen LogP contribution < -0.4 is 0 Å². The molecule has 1 fully saturated rings. The number of nitrogens with zero attached hydrogens (tertiary/aromatic N) is 3. The van der Waals surface area contributed by atoms with Crippen LogP contribution in [0.3, 0.4) is 0 Å². The standard InChI is InChI=1S/C29H26ClF2N3O3/c1-15-12-34(13-15)28(36)18-9-24(32)26-25(10-18)35(14-21-16(2)6-5-7-22(21)30)33-27(26)20-8-17(3)19(11-23(20)31)29(37)38-4/h5-11,15H,12-14H2,1-4H3. The molecule has 196 valence electrons. The van der Waals surface area contributed by atoms with E-state index in [4.69, 9.17) is 16.3 Å². The topological polar surface area (TPSA) is 64.4 Å². The van der Waals surface area contributed by atoms with Gasteiger partial charge in [-0.3, -0.25) is 9.48 Å². The summed E-state index contributed by atoms with van der Waals surface area (Å²) in [6.07, 6.45) is 0. The lowest BCUT2D eigenvalue weighted by Gasteiger charge is -2.37. The largest absolute Gasteiger partial charge is 0.465 e. The average molecular weight is 538 g/mol. The molecule has 0 radical (unpaired) electrons. The molecular weight excluding hydrogens is 512 g/mol. The van der Waals surface area contributed by atoms with Crippen LogP contribution in [0.1, 0.15) is 44.3 Å². The highest BCUT2D eigenvalue weighted by Gasteiger charge is 2.30. The van der Waals surface area contributed by atoms with Gasteiger partial charge >= 0.3 is 5.97 Å². The molecule has 4 aromatic rings. The van der Waals surface area contributed by atoms with Crippen LogP contribution >= 0.6 is 11.6 Å². The quantitative estimate of drug-likeness (QED) is 0.285. The van der Waals surface area contributed by atoms with Gasteiger partial charge in [-0.15, -0.1) is 0 Å². The number of rotatable bonds is 5. The molecule has 0 N–H and O–H groups in total. The van der Waals surface area contributed by atoms with Gasteiger partial charge in [-0.25, -0.2) is 13.6 Å². The molecule has 1 aromatic heterocycles. The number of ether oxygens (including phenoxy) is 1. The van der Waals surface area contributed by atoms with Gasteiger partial charge in [0.15, 0.2) is 0 Å². The number of hydrogen-bond acceptors (Lipinski definition) is 4. The highest BCUT2D eigenvalue weighted by Crippen LogP contribution is 2.35. The summed E-state index contributed by atoms with van der Waals surface area (Å²) in [5.41, 5.74) is 2.85. The van der Waals surface area contributed by atoms with Gasteiger partial charge in [0.25, 0.3) is 5.91 Å². The Morgan fingerprint density at radius 3 is 2.47 bits per heavy atom. The highest BCUT2D eigenvalue weighted by molar-refractivity contribution is 6.31. The zero-order valence-electron chi connectivity index (χ0n) is 21.4. The van der Waals surface area contributed by atoms with Crippen molar-refractivity contribution < 1.29 is 23.1 Å². The van der Waals surface area contributed by atoms with Crippen LogP contribution in [0.4, 0.5) is 8.78 Å². The number of benzene rings is 3. The van der Waals surface area contributed by atoms with E-state index in [1.807, 2.05) is 26.0 Å². The van der Waals surface area contributed by atoms with Crippen molar-refractivity contribution in [3.05, 3.63) is 86.9 Å². The third-order valence-corrected chi connectivity index (χ3v) is 7.39. The molecule has 6 nitrogen and oxygen atoms in total. The summed E-state index contributed by atoms with van der Waals surface area (Å²) in [7, 11) is 1.22. The molecule has 2 heterocycles. The van der Waals surface area contributed by atoms with Crippen molar-refractivity contribution >= 4 is 34.4 Å². The number of likely N-dealkylation sites (tertiary alicyclic amines) is 1. The first-order valence-corrected chi connectivity index (χ1v) is 12.6. The number of hydrogen-bond donors (Lipinski definition) is 0. The zero-order valence-corrected chi connectivity index (χ0v) is 22.2. The molecule has 0 atom stereocenters. The van der Waals surface area contributed by atoms with E-state index in [0.717, 1.165) is 17.2 Å². The van der Waals surface area contributed by atoms with Crippen LogP contribution in [0.5, 0.6) is 0 Å². The predicted molar refractivity (Wildman–Crippen MR) is 142 cm³/mol. The first kappa shape index (κ1) is 25.9. The second kappa shape index (κ2) is 9.83. The fourth-order valence-electron chi connectivity index (χ4n) is 4.94. The first-order valence-electron chi connectivity index (χ1n) is 12.2. The first-order chi connectivity index (χ1) is 18.1. The molecule has 0 unspecified atom stereocenters. The maximum absolute atomic E-state index is 15.8. The van der Waals surface area contributed by atoms with Crippen LogP contribution in [0.2, 0.25) is 5.02 Å². The van der Waals surface area contributed by atoms with Gasteiger partial charge in [-0.1, -0.05) is 30.7 Å². The summed E-state index contributed by atoms with van der Waals surface area (Å²) in [6, 6.07) is 10.8. The lowest BCUT2D eigenvalue weighted by molar-refractivity contribution is 0.0529. The van der Waals surface area contributed by atoms with Crippen LogP contribution in [0, 0.1) is 31.4 Å². The molecule has 9 heteroatoms. The van der Waals surface area contributed by atoms with Crippen molar-refractivity contribution in [2.24, 2.45) is 5.92 Å². The minimum Gasteiger partial charge on any atom is -0.465 e. The van der Waals surface area contributed by atoms with E-state index in [1.54, 1.807) is 28.6 Å². The average Bonchev–Trinajstić information content (AvgIpc) is 3.23. The van der Waals surface area contributed by atoms with Crippen molar-refractivity contribution in [1.82, 2.24) is 14.7 Å². The molecule has 0 saturated carbocycles. The molecule has 0 spiro atoms. The number of aryl methyl sites for hydroxylation is 2. The molecule has 5 rings (SSSR count). The van der Waals surface area contributed by atoms with Gasteiger partial charge in [0.1, 0.15) is 17.3 Å². The lowest BCUT2D eigenvalue weighted by Crippen LogP contribution is -2.48. The Kier molecular flexibility index (Phi) is 6.69. The third kappa shape index (κ3) is 4.43. The number of aromatic nitrogens is 2. The Bertz CT molecular complexity index is 1590. The smallest absolute Gasteiger partial charge is 0.338 e. The van der Waals surface area contributed by atoms with Crippen molar-refractivity contribution in [2.45, 2.75) is 27.3 Å². The molecule has 38 heavy (non-hydrogen) atoms. The van der Waals surface area contributed by atoms with Crippen molar-refractivity contribution in [3.63, 3.8) is 0 Å². The van der Waals surface area contributed by atoms with Crippen molar-refractivity contribution in [1.29, 1.82) is 0 Å². The number of fused-ring (bicyclic) bond motifs is 1. The van der Waals surface area contributed by atoms with Gasteiger partial charge in [-0.05, 0) is 66.8 Å². The summed E-state index contributed by atoms with van der Waals surface area (Å²) in [5.74, 6) is -1.98. The molecule has 1 amide bonds. The molecule has 0 aliphatic carbocycles. The van der Waals surface area contributed by atoms with Crippen molar-refractivity contribution in [3.8, 4) is 11.3 Å². The van der Waals surface area contributed by atoms with E-state index in [0.29, 0.717) is 35.1 Å².